The summed E-state index contributed by atoms with van der Waals surface area (Å²) in [6.45, 7) is 0.263. The van der Waals surface area contributed by atoms with Crippen LogP contribution in [-0.2, 0) is 16.1 Å². The molecule has 0 aromatic heterocycles. The summed E-state index contributed by atoms with van der Waals surface area (Å²) in [5.74, 6) is -0.186. The lowest BCUT2D eigenvalue weighted by atomic mass is 10.2. The Labute approximate surface area is 83.1 Å². The van der Waals surface area contributed by atoms with Gasteiger partial charge in [-0.3, -0.25) is 10.5 Å². The fraction of sp³-hybridized carbons (Fsp3) is 0.300. The first-order valence-electron chi connectivity index (χ1n) is 4.28. The van der Waals surface area contributed by atoms with E-state index in [1.54, 1.807) is 12.1 Å². The average Bonchev–Trinajstić information content (AvgIpc) is 2.18. The van der Waals surface area contributed by atoms with Crippen LogP contribution in [0.5, 0.6) is 0 Å². The first kappa shape index (κ1) is 10.7. The zero-order valence-corrected chi connectivity index (χ0v) is 8.04. The van der Waals surface area contributed by atoms with Gasteiger partial charge in [0.1, 0.15) is 6.61 Å². The van der Waals surface area contributed by atoms with E-state index in [1.807, 2.05) is 12.1 Å². The van der Waals surface area contributed by atoms with Crippen molar-refractivity contribution in [2.75, 3.05) is 19.0 Å². The van der Waals surface area contributed by atoms with E-state index < -0.39 is 0 Å². The lowest BCUT2D eigenvalue weighted by Crippen LogP contribution is -2.17. The van der Waals surface area contributed by atoms with Gasteiger partial charge in [-0.05, 0) is 17.7 Å². The topological polar surface area (TPSA) is 62.1 Å². The number of ether oxygens (including phenoxy) is 1. The van der Waals surface area contributed by atoms with Gasteiger partial charge < -0.3 is 10.1 Å². The van der Waals surface area contributed by atoms with Gasteiger partial charge >= 0.3 is 0 Å². The van der Waals surface area contributed by atoms with E-state index in [4.69, 9.17) is 5.73 Å². The number of hydrogen-bond donors (Lipinski definition) is 1. The largest absolute Gasteiger partial charge is 0.375 e. The third kappa shape index (κ3) is 3.16. The first-order valence-corrected chi connectivity index (χ1v) is 4.28. The van der Waals surface area contributed by atoms with Crippen LogP contribution in [-0.4, -0.2) is 19.6 Å². The van der Waals surface area contributed by atoms with Crippen LogP contribution < -0.4 is 11.1 Å². The van der Waals surface area contributed by atoms with Crippen molar-refractivity contribution < 1.29 is 9.53 Å². The molecule has 1 aromatic carbocycles. The predicted molar refractivity (Wildman–Crippen MR) is 53.7 cm³/mol. The van der Waals surface area contributed by atoms with Crippen molar-refractivity contribution in [1.29, 1.82) is 0 Å². The molecule has 1 radical (unpaired) electrons. The summed E-state index contributed by atoms with van der Waals surface area (Å²) in [6.07, 6.45) is 0. The van der Waals surface area contributed by atoms with Gasteiger partial charge in [0, 0.05) is 19.3 Å². The number of carbonyl (C=O) groups is 1. The molecule has 75 valence electrons. The van der Waals surface area contributed by atoms with Gasteiger partial charge in [0.2, 0.25) is 5.91 Å². The normalized spacial score (nSPS) is 9.86. The molecule has 0 fully saturated rings. The summed E-state index contributed by atoms with van der Waals surface area (Å²) in [4.78, 5) is 11.1. The Morgan fingerprint density at radius 3 is 3.00 bits per heavy atom. The molecule has 1 rings (SSSR count). The van der Waals surface area contributed by atoms with Crippen molar-refractivity contribution in [3.63, 3.8) is 0 Å². The van der Waals surface area contributed by atoms with Gasteiger partial charge in [-0.25, -0.2) is 0 Å². The molecule has 0 aliphatic heterocycles. The Morgan fingerprint density at radius 1 is 1.57 bits per heavy atom. The van der Waals surface area contributed by atoms with Gasteiger partial charge in [-0.15, -0.1) is 0 Å². The molecule has 0 saturated heterocycles. The van der Waals surface area contributed by atoms with Gasteiger partial charge in [0.25, 0.3) is 0 Å². The minimum Gasteiger partial charge on any atom is -0.375 e. The fourth-order valence-electron chi connectivity index (χ4n) is 1.09. The van der Waals surface area contributed by atoms with Crippen molar-refractivity contribution in [3.05, 3.63) is 29.8 Å². The Bertz CT molecular complexity index is 313. The molecule has 0 heterocycles. The lowest BCUT2D eigenvalue weighted by molar-refractivity contribution is -0.119. The monoisotopic (exact) mass is 193 g/mol. The van der Waals surface area contributed by atoms with Crippen LogP contribution in [0.15, 0.2) is 24.3 Å². The smallest absolute Gasteiger partial charge is 0.250 e. The Balaban J connectivity index is 2.62. The summed E-state index contributed by atoms with van der Waals surface area (Å²) in [7, 11) is 1.47. The molecule has 0 atom stereocenters. The number of carbonyl (C=O) groups excluding carboxylic acids is 1. The van der Waals surface area contributed by atoms with Gasteiger partial charge in [-0.1, -0.05) is 12.1 Å². The third-order valence-electron chi connectivity index (χ3n) is 1.69. The maximum Gasteiger partial charge on any atom is 0.250 e. The van der Waals surface area contributed by atoms with Gasteiger partial charge in [-0.2, -0.15) is 0 Å². The molecule has 0 bridgehead atoms. The van der Waals surface area contributed by atoms with Crippen LogP contribution in [0.2, 0.25) is 0 Å². The van der Waals surface area contributed by atoms with E-state index in [2.05, 4.69) is 10.1 Å². The average molecular weight is 193 g/mol. The number of anilines is 1. The Morgan fingerprint density at radius 2 is 2.36 bits per heavy atom. The molecule has 0 aliphatic carbocycles. The number of rotatable bonds is 4. The first-order chi connectivity index (χ1) is 6.76. The van der Waals surface area contributed by atoms with Crippen molar-refractivity contribution >= 4 is 11.6 Å². The van der Waals surface area contributed by atoms with Crippen molar-refractivity contribution in [2.45, 2.75) is 6.54 Å². The van der Waals surface area contributed by atoms with E-state index >= 15 is 0 Å². The highest BCUT2D eigenvalue weighted by atomic mass is 16.5. The van der Waals surface area contributed by atoms with E-state index in [9.17, 15) is 4.79 Å². The molecule has 0 unspecified atom stereocenters. The second kappa shape index (κ2) is 5.36. The zero-order chi connectivity index (χ0) is 10.4. The van der Waals surface area contributed by atoms with Crippen molar-refractivity contribution in [2.24, 2.45) is 0 Å². The third-order valence-corrected chi connectivity index (χ3v) is 1.69. The maximum atomic E-state index is 11.1. The van der Waals surface area contributed by atoms with Crippen molar-refractivity contribution in [1.82, 2.24) is 5.73 Å². The molecule has 4 heteroatoms. The number of benzene rings is 1. The Hall–Kier alpha value is -1.39. The highest BCUT2D eigenvalue weighted by Crippen LogP contribution is 2.09. The summed E-state index contributed by atoms with van der Waals surface area (Å²) in [6, 6.07) is 7.22. The summed E-state index contributed by atoms with van der Waals surface area (Å²) >= 11 is 0. The van der Waals surface area contributed by atoms with Crippen LogP contribution in [0, 0.1) is 0 Å². The molecular weight excluding hydrogens is 180 g/mol. The van der Waals surface area contributed by atoms with E-state index in [1.165, 1.54) is 7.11 Å². The molecule has 14 heavy (non-hydrogen) atoms. The van der Waals surface area contributed by atoms with Crippen LogP contribution in [0.25, 0.3) is 0 Å². The SMILES string of the molecule is COCC(=O)Nc1cccc(C[NH])c1. The highest BCUT2D eigenvalue weighted by Gasteiger charge is 2.00. The molecule has 1 amide bonds. The van der Waals surface area contributed by atoms with Gasteiger partial charge in [0.05, 0.1) is 0 Å². The van der Waals surface area contributed by atoms with E-state index in [0.717, 1.165) is 5.56 Å². The summed E-state index contributed by atoms with van der Waals surface area (Å²) in [5.41, 5.74) is 8.75. The maximum absolute atomic E-state index is 11.1. The molecule has 1 aromatic rings. The van der Waals surface area contributed by atoms with Crippen molar-refractivity contribution in [3.8, 4) is 0 Å². The minimum absolute atomic E-state index is 0.0467. The molecule has 4 nitrogen and oxygen atoms in total. The lowest BCUT2D eigenvalue weighted by Gasteiger charge is -2.05. The van der Waals surface area contributed by atoms with E-state index in [-0.39, 0.29) is 19.1 Å². The molecule has 0 saturated carbocycles. The van der Waals surface area contributed by atoms with Crippen LogP contribution in [0.1, 0.15) is 5.56 Å². The molecule has 2 N–H and O–H groups in total. The minimum atomic E-state index is -0.186. The van der Waals surface area contributed by atoms with Crippen LogP contribution in [0.4, 0.5) is 5.69 Å². The van der Waals surface area contributed by atoms with Crippen LogP contribution in [0.3, 0.4) is 0 Å². The molecular formula is C10H13N2O2. The summed E-state index contributed by atoms with van der Waals surface area (Å²) < 4.78 is 4.68. The molecule has 0 aliphatic rings. The number of amides is 1. The second-order valence-corrected chi connectivity index (χ2v) is 2.86. The Kier molecular flexibility index (Phi) is 4.10. The standard InChI is InChI=1S/C10H13N2O2/c1-14-7-10(13)12-9-4-2-3-8(5-9)6-11/h2-5,11H,6-7H2,1H3,(H,12,13). The fourth-order valence-corrected chi connectivity index (χ4v) is 1.09. The summed E-state index contributed by atoms with van der Waals surface area (Å²) in [5, 5.41) is 2.67. The van der Waals surface area contributed by atoms with Crippen LogP contribution >= 0.6 is 0 Å². The van der Waals surface area contributed by atoms with Gasteiger partial charge in [0.15, 0.2) is 0 Å². The quantitative estimate of drug-likeness (QED) is 0.777. The van der Waals surface area contributed by atoms with E-state index in [0.29, 0.717) is 5.69 Å². The molecule has 0 spiro atoms. The predicted octanol–water partition coefficient (Wildman–Crippen LogP) is 1.05. The number of hydrogen-bond acceptors (Lipinski definition) is 2. The number of nitrogens with one attached hydrogen (secondary N) is 2. The number of methoxy groups -OCH3 is 1. The second-order valence-electron chi connectivity index (χ2n) is 2.86. The highest BCUT2D eigenvalue weighted by molar-refractivity contribution is 5.91. The zero-order valence-electron chi connectivity index (χ0n) is 8.04.